The number of carbonyl (C=O) groups is 1. The summed E-state index contributed by atoms with van der Waals surface area (Å²) in [5, 5.41) is 12.2. The second-order valence-corrected chi connectivity index (χ2v) is 8.87. The van der Waals surface area contributed by atoms with E-state index in [2.05, 4.69) is 63.2 Å². The molecule has 2 aliphatic rings. The maximum absolute atomic E-state index is 13.0. The van der Waals surface area contributed by atoms with Crippen LogP contribution in [0.15, 0.2) is 42.7 Å². The van der Waals surface area contributed by atoms with Crippen molar-refractivity contribution in [3.63, 3.8) is 0 Å². The first-order valence-electron chi connectivity index (χ1n) is 11.4. The fraction of sp³-hybridized carbons (Fsp3) is 0.500. The normalized spacial score (nSPS) is 22.4. The number of benzene rings is 1. The SMILES string of the molecule is C[C@H]1CN(c2ncc(C#N)cn2)[C@@H](C)CN1C(=O)NC1CCN(Cc2ccccc2)CC1. The van der Waals surface area contributed by atoms with Crippen molar-refractivity contribution in [3.05, 3.63) is 53.9 Å². The second-order valence-electron chi connectivity index (χ2n) is 8.87. The topological polar surface area (TPSA) is 88.4 Å². The number of hydrogen-bond acceptors (Lipinski definition) is 6. The van der Waals surface area contributed by atoms with Crippen LogP contribution in [0.2, 0.25) is 0 Å². The van der Waals surface area contributed by atoms with Crippen LogP contribution in [-0.2, 0) is 6.54 Å². The Bertz CT molecular complexity index is 935. The number of hydrogen-bond donors (Lipinski definition) is 1. The van der Waals surface area contributed by atoms with Crippen molar-refractivity contribution >= 4 is 12.0 Å². The molecule has 8 nitrogen and oxygen atoms in total. The standard InChI is InChI=1S/C24H31N7O/c1-18-16-31(19(2)15-30(18)23-26-13-21(12-25)14-27-23)24(32)28-22-8-10-29(11-9-22)17-20-6-4-3-5-7-20/h3-7,13-14,18-19,22H,8-11,15-17H2,1-2H3,(H,28,32)/t18-,19-/m0/s1. The maximum atomic E-state index is 13.0. The van der Waals surface area contributed by atoms with Crippen LogP contribution in [0.5, 0.6) is 0 Å². The first kappa shape index (κ1) is 22.0. The minimum atomic E-state index is 0.0197. The minimum absolute atomic E-state index is 0.0197. The van der Waals surface area contributed by atoms with Crippen molar-refractivity contribution in [1.82, 2.24) is 25.1 Å². The number of aromatic nitrogens is 2. The summed E-state index contributed by atoms with van der Waals surface area (Å²) in [5.74, 6) is 0.606. The molecule has 168 valence electrons. The van der Waals surface area contributed by atoms with Gasteiger partial charge in [0, 0.05) is 50.8 Å². The number of anilines is 1. The van der Waals surface area contributed by atoms with Gasteiger partial charge >= 0.3 is 6.03 Å². The van der Waals surface area contributed by atoms with E-state index in [9.17, 15) is 4.79 Å². The highest BCUT2D eigenvalue weighted by molar-refractivity contribution is 5.75. The zero-order valence-corrected chi connectivity index (χ0v) is 18.8. The predicted molar refractivity (Wildman–Crippen MR) is 123 cm³/mol. The molecular weight excluding hydrogens is 402 g/mol. The summed E-state index contributed by atoms with van der Waals surface area (Å²) in [5.41, 5.74) is 1.78. The molecule has 0 aliphatic carbocycles. The van der Waals surface area contributed by atoms with E-state index < -0.39 is 0 Å². The number of nitriles is 1. The van der Waals surface area contributed by atoms with Crippen molar-refractivity contribution in [1.29, 1.82) is 5.26 Å². The fourth-order valence-corrected chi connectivity index (χ4v) is 4.55. The Morgan fingerprint density at radius 1 is 1.09 bits per heavy atom. The van der Waals surface area contributed by atoms with Gasteiger partial charge in [0.05, 0.1) is 18.0 Å². The molecule has 1 N–H and O–H groups in total. The monoisotopic (exact) mass is 433 g/mol. The number of carbonyl (C=O) groups excluding carboxylic acids is 1. The van der Waals surface area contributed by atoms with E-state index in [-0.39, 0.29) is 24.2 Å². The van der Waals surface area contributed by atoms with Gasteiger partial charge in [-0.2, -0.15) is 5.26 Å². The van der Waals surface area contributed by atoms with Crippen molar-refractivity contribution < 1.29 is 4.79 Å². The number of amides is 2. The van der Waals surface area contributed by atoms with E-state index in [0.29, 0.717) is 24.6 Å². The van der Waals surface area contributed by atoms with Gasteiger partial charge in [-0.3, -0.25) is 4.90 Å². The number of rotatable bonds is 4. The lowest BCUT2D eigenvalue weighted by Gasteiger charge is -2.44. The Balaban J connectivity index is 1.27. The molecule has 8 heteroatoms. The number of urea groups is 1. The third-order valence-corrected chi connectivity index (χ3v) is 6.44. The molecule has 2 aliphatic heterocycles. The third-order valence-electron chi connectivity index (χ3n) is 6.44. The maximum Gasteiger partial charge on any atom is 0.317 e. The van der Waals surface area contributed by atoms with Gasteiger partial charge in [0.25, 0.3) is 0 Å². The number of nitrogens with zero attached hydrogens (tertiary/aromatic N) is 6. The van der Waals surface area contributed by atoms with Gasteiger partial charge in [-0.25, -0.2) is 14.8 Å². The summed E-state index contributed by atoms with van der Waals surface area (Å²) in [6, 6.07) is 13.0. The Kier molecular flexibility index (Phi) is 6.86. The highest BCUT2D eigenvalue weighted by Gasteiger charge is 2.34. The molecule has 2 aromatic rings. The molecule has 0 bridgehead atoms. The number of piperazine rings is 1. The summed E-state index contributed by atoms with van der Waals surface area (Å²) >= 11 is 0. The van der Waals surface area contributed by atoms with Gasteiger partial charge in [0.15, 0.2) is 0 Å². The van der Waals surface area contributed by atoms with E-state index in [4.69, 9.17) is 5.26 Å². The Hall–Kier alpha value is -3.18. The molecule has 4 rings (SSSR count). The molecule has 0 unspecified atom stereocenters. The van der Waals surface area contributed by atoms with Crippen molar-refractivity contribution in [2.75, 3.05) is 31.1 Å². The average molecular weight is 434 g/mol. The second kappa shape index (κ2) is 9.96. The van der Waals surface area contributed by atoms with Crippen LogP contribution in [0.3, 0.4) is 0 Å². The smallest absolute Gasteiger partial charge is 0.317 e. The Morgan fingerprint density at radius 3 is 2.44 bits per heavy atom. The van der Waals surface area contributed by atoms with Gasteiger partial charge in [0.2, 0.25) is 5.95 Å². The summed E-state index contributed by atoms with van der Waals surface area (Å²) in [4.78, 5) is 28.2. The van der Waals surface area contributed by atoms with Crippen LogP contribution in [0, 0.1) is 11.3 Å². The summed E-state index contributed by atoms with van der Waals surface area (Å²) in [6.07, 6.45) is 5.04. The van der Waals surface area contributed by atoms with E-state index in [1.54, 1.807) is 12.4 Å². The van der Waals surface area contributed by atoms with Gasteiger partial charge in [-0.15, -0.1) is 0 Å². The quantitative estimate of drug-likeness (QED) is 0.797. The molecule has 0 saturated carbocycles. The van der Waals surface area contributed by atoms with Crippen LogP contribution < -0.4 is 10.2 Å². The zero-order valence-electron chi connectivity index (χ0n) is 18.8. The summed E-state index contributed by atoms with van der Waals surface area (Å²) in [6.45, 7) is 8.38. The van der Waals surface area contributed by atoms with Gasteiger partial charge in [-0.1, -0.05) is 30.3 Å². The highest BCUT2D eigenvalue weighted by Crippen LogP contribution is 2.21. The molecule has 0 spiro atoms. The molecule has 1 aromatic carbocycles. The summed E-state index contributed by atoms with van der Waals surface area (Å²) < 4.78 is 0. The predicted octanol–water partition coefficient (Wildman–Crippen LogP) is 2.62. The van der Waals surface area contributed by atoms with Gasteiger partial charge in [-0.05, 0) is 32.3 Å². The van der Waals surface area contributed by atoms with Crippen LogP contribution in [-0.4, -0.2) is 70.1 Å². The van der Waals surface area contributed by atoms with Crippen molar-refractivity contribution in [2.24, 2.45) is 0 Å². The Labute approximate surface area is 189 Å². The molecule has 32 heavy (non-hydrogen) atoms. The Morgan fingerprint density at radius 2 is 1.78 bits per heavy atom. The van der Waals surface area contributed by atoms with Crippen molar-refractivity contribution in [3.8, 4) is 6.07 Å². The van der Waals surface area contributed by atoms with Crippen LogP contribution >= 0.6 is 0 Å². The minimum Gasteiger partial charge on any atom is -0.335 e. The first-order valence-corrected chi connectivity index (χ1v) is 11.4. The molecular formula is C24H31N7O. The first-order chi connectivity index (χ1) is 15.5. The van der Waals surface area contributed by atoms with Gasteiger partial charge in [0.1, 0.15) is 6.07 Å². The molecule has 0 radical (unpaired) electrons. The van der Waals surface area contributed by atoms with Crippen LogP contribution in [0.4, 0.5) is 10.7 Å². The largest absolute Gasteiger partial charge is 0.335 e. The number of likely N-dealkylation sites (tertiary alicyclic amines) is 1. The number of nitrogens with one attached hydrogen (secondary N) is 1. The third kappa shape index (κ3) is 5.17. The number of piperidine rings is 1. The molecule has 2 fully saturated rings. The lowest BCUT2D eigenvalue weighted by molar-refractivity contribution is 0.145. The summed E-state index contributed by atoms with van der Waals surface area (Å²) in [7, 11) is 0. The van der Waals surface area contributed by atoms with Crippen LogP contribution in [0.25, 0.3) is 0 Å². The van der Waals surface area contributed by atoms with Gasteiger partial charge < -0.3 is 15.1 Å². The van der Waals surface area contributed by atoms with E-state index in [1.165, 1.54) is 5.56 Å². The average Bonchev–Trinajstić information content (AvgIpc) is 2.82. The lowest BCUT2D eigenvalue weighted by Crippen LogP contribution is -2.61. The van der Waals surface area contributed by atoms with Crippen molar-refractivity contribution in [2.45, 2.75) is 51.4 Å². The van der Waals surface area contributed by atoms with E-state index in [1.807, 2.05) is 17.0 Å². The molecule has 2 atom stereocenters. The van der Waals surface area contributed by atoms with E-state index in [0.717, 1.165) is 32.5 Å². The van der Waals surface area contributed by atoms with Crippen LogP contribution in [0.1, 0.15) is 37.8 Å². The zero-order chi connectivity index (χ0) is 22.5. The molecule has 3 heterocycles. The van der Waals surface area contributed by atoms with E-state index >= 15 is 0 Å². The molecule has 2 amide bonds. The molecule has 2 saturated heterocycles. The fourth-order valence-electron chi connectivity index (χ4n) is 4.55. The highest BCUT2D eigenvalue weighted by atomic mass is 16.2. The molecule has 1 aromatic heterocycles. The lowest BCUT2D eigenvalue weighted by atomic mass is 10.0.